The van der Waals surface area contributed by atoms with Crippen LogP contribution in [0.5, 0.6) is 0 Å². The lowest BCUT2D eigenvalue weighted by molar-refractivity contribution is -0.404. The van der Waals surface area contributed by atoms with Crippen molar-refractivity contribution >= 4 is 34.4 Å². The van der Waals surface area contributed by atoms with E-state index in [4.69, 9.17) is 16.7 Å². The number of fused-ring (bicyclic) bond motifs is 1. The zero-order valence-corrected chi connectivity index (χ0v) is 9.74. The molecule has 0 aliphatic rings. The van der Waals surface area contributed by atoms with Crippen molar-refractivity contribution in [2.75, 3.05) is 12.9 Å². The summed E-state index contributed by atoms with van der Waals surface area (Å²) in [6.45, 7) is 0.105. The van der Waals surface area contributed by atoms with Crippen LogP contribution in [0.4, 0.5) is 0 Å². The Balaban J connectivity index is 2.60. The van der Waals surface area contributed by atoms with Crippen LogP contribution in [-0.2, 0) is 6.42 Å². The smallest absolute Gasteiger partial charge is 0.297 e. The number of aliphatic hydroxyl groups excluding tert-OH is 1. The highest BCUT2D eigenvalue weighted by molar-refractivity contribution is 7.98. The van der Waals surface area contributed by atoms with Gasteiger partial charge in [0.05, 0.1) is 6.20 Å². The Bertz CT molecular complexity index is 485. The van der Waals surface area contributed by atoms with E-state index in [1.165, 1.54) is 11.8 Å². The molecule has 4 nitrogen and oxygen atoms in total. The van der Waals surface area contributed by atoms with Crippen molar-refractivity contribution < 1.29 is 10.1 Å². The molecule has 2 aromatic rings. The van der Waals surface area contributed by atoms with Crippen molar-refractivity contribution in [3.8, 4) is 0 Å². The maximum absolute atomic E-state index is 8.90. The van der Waals surface area contributed by atoms with Crippen LogP contribution in [0.2, 0.25) is 5.15 Å². The molecule has 2 rings (SSSR count). The van der Waals surface area contributed by atoms with E-state index in [0.717, 1.165) is 21.8 Å². The number of nitrogens with one attached hydrogen (secondary N) is 2. The first kappa shape index (κ1) is 10.7. The summed E-state index contributed by atoms with van der Waals surface area (Å²) in [6, 6.07) is 0. The lowest BCUT2D eigenvalue weighted by Crippen LogP contribution is -2.10. The molecule has 0 aromatic carbocycles. The van der Waals surface area contributed by atoms with Crippen molar-refractivity contribution in [3.63, 3.8) is 0 Å². The van der Waals surface area contributed by atoms with Gasteiger partial charge in [0.2, 0.25) is 10.8 Å². The Morgan fingerprint density at radius 1 is 1.67 bits per heavy atom. The molecule has 0 aliphatic heterocycles. The summed E-state index contributed by atoms with van der Waals surface area (Å²) in [7, 11) is 0. The molecule has 0 amide bonds. The first-order chi connectivity index (χ1) is 7.26. The van der Waals surface area contributed by atoms with Gasteiger partial charge in [0.1, 0.15) is 5.39 Å². The van der Waals surface area contributed by atoms with Crippen molar-refractivity contribution in [2.24, 2.45) is 0 Å². The van der Waals surface area contributed by atoms with Gasteiger partial charge in [-0.3, -0.25) is 4.98 Å². The summed E-state index contributed by atoms with van der Waals surface area (Å²) in [5, 5.41) is 11.0. The summed E-state index contributed by atoms with van der Waals surface area (Å²) < 4.78 is 0. The molecular weight excluding hydrogens is 234 g/mol. The highest BCUT2D eigenvalue weighted by Crippen LogP contribution is 2.24. The average Bonchev–Trinajstić information content (AvgIpc) is 2.62. The van der Waals surface area contributed by atoms with Crippen LogP contribution in [0.1, 0.15) is 5.56 Å². The van der Waals surface area contributed by atoms with E-state index in [0.29, 0.717) is 11.6 Å². The molecule has 0 bridgehead atoms. The van der Waals surface area contributed by atoms with Gasteiger partial charge in [0.15, 0.2) is 0 Å². The molecule has 0 fully saturated rings. The molecule has 0 unspecified atom stereocenters. The number of aromatic nitrogens is 3. The predicted octanol–water partition coefficient (Wildman–Crippen LogP) is 1.29. The molecule has 15 heavy (non-hydrogen) atoms. The number of aliphatic hydroxyl groups is 1. The highest BCUT2D eigenvalue weighted by Gasteiger charge is 2.16. The maximum Gasteiger partial charge on any atom is 0.297 e. The highest BCUT2D eigenvalue weighted by atomic mass is 35.5. The fraction of sp³-hybridized carbons (Fsp3) is 0.333. The minimum Gasteiger partial charge on any atom is -0.396 e. The third-order valence-electron chi connectivity index (χ3n) is 2.17. The van der Waals surface area contributed by atoms with Crippen LogP contribution in [-0.4, -0.2) is 27.9 Å². The number of thioether (sulfide) groups is 1. The second kappa shape index (κ2) is 4.38. The second-order valence-corrected chi connectivity index (χ2v) is 4.23. The van der Waals surface area contributed by atoms with Crippen LogP contribution in [0.15, 0.2) is 11.4 Å². The minimum absolute atomic E-state index is 0.105. The van der Waals surface area contributed by atoms with Gasteiger partial charge in [-0.15, -0.1) is 0 Å². The summed E-state index contributed by atoms with van der Waals surface area (Å²) in [4.78, 5) is 10.4. The third kappa shape index (κ3) is 1.95. The molecule has 0 aliphatic carbocycles. The van der Waals surface area contributed by atoms with Crippen molar-refractivity contribution in [2.45, 2.75) is 11.6 Å². The largest absolute Gasteiger partial charge is 0.396 e. The van der Waals surface area contributed by atoms with Gasteiger partial charge in [-0.25, -0.2) is 4.98 Å². The molecule has 0 atom stereocenters. The summed E-state index contributed by atoms with van der Waals surface area (Å²) >= 11 is 7.58. The van der Waals surface area contributed by atoms with E-state index in [-0.39, 0.29) is 6.61 Å². The Kier molecular flexibility index (Phi) is 3.14. The van der Waals surface area contributed by atoms with Gasteiger partial charge in [-0.05, 0) is 24.3 Å². The van der Waals surface area contributed by atoms with Crippen LogP contribution in [0.3, 0.4) is 0 Å². The van der Waals surface area contributed by atoms with Gasteiger partial charge in [0, 0.05) is 12.2 Å². The normalized spacial score (nSPS) is 11.1. The molecule has 2 heterocycles. The Morgan fingerprint density at radius 3 is 3.13 bits per heavy atom. The number of hydrogen-bond donors (Lipinski definition) is 2. The molecule has 6 heteroatoms. The Morgan fingerprint density at radius 2 is 2.47 bits per heavy atom. The van der Waals surface area contributed by atoms with Crippen LogP contribution < -0.4 is 4.98 Å². The van der Waals surface area contributed by atoms with Gasteiger partial charge >= 0.3 is 0 Å². The Hall–Kier alpha value is -0.780. The van der Waals surface area contributed by atoms with E-state index < -0.39 is 0 Å². The number of rotatable bonds is 3. The summed E-state index contributed by atoms with van der Waals surface area (Å²) in [5.74, 6) is 0. The zero-order valence-electron chi connectivity index (χ0n) is 8.17. The van der Waals surface area contributed by atoms with Crippen LogP contribution in [0, 0.1) is 0 Å². The van der Waals surface area contributed by atoms with E-state index in [1.54, 1.807) is 0 Å². The standard InChI is InChI=1S/C9H10ClN3OS/c1-15-9-12-7(10)6-5(2-3-14)4-11-8(6)13-9/h4,14H,2-3H2,1H3,(H,11,12,13)/p+1. The molecule has 0 saturated heterocycles. The topological polar surface area (TPSA) is 63.1 Å². The third-order valence-corrected chi connectivity index (χ3v) is 3.03. The molecule has 0 spiro atoms. The van der Waals surface area contributed by atoms with E-state index >= 15 is 0 Å². The number of nitrogens with zero attached hydrogens (tertiary/aromatic N) is 1. The van der Waals surface area contributed by atoms with E-state index in [9.17, 15) is 0 Å². The maximum atomic E-state index is 8.90. The second-order valence-electron chi connectivity index (χ2n) is 3.07. The zero-order chi connectivity index (χ0) is 10.8. The quantitative estimate of drug-likeness (QED) is 0.486. The van der Waals surface area contributed by atoms with Gasteiger partial charge in [-0.1, -0.05) is 16.7 Å². The predicted molar refractivity (Wildman–Crippen MR) is 60.2 cm³/mol. The first-order valence-electron chi connectivity index (χ1n) is 4.50. The molecule has 2 aromatic heterocycles. The molecule has 3 N–H and O–H groups in total. The molecular formula is C9H11ClN3OS+. The van der Waals surface area contributed by atoms with Crippen LogP contribution >= 0.6 is 23.4 Å². The van der Waals surface area contributed by atoms with Crippen molar-refractivity contribution in [1.82, 2.24) is 9.97 Å². The first-order valence-corrected chi connectivity index (χ1v) is 6.10. The number of H-pyrrole nitrogens is 2. The van der Waals surface area contributed by atoms with E-state index in [1.807, 2.05) is 12.5 Å². The number of aromatic amines is 2. The fourth-order valence-electron chi connectivity index (χ4n) is 1.49. The van der Waals surface area contributed by atoms with Crippen LogP contribution in [0.25, 0.3) is 11.0 Å². The van der Waals surface area contributed by atoms with Gasteiger partial charge in [-0.2, -0.15) is 0 Å². The van der Waals surface area contributed by atoms with Crippen molar-refractivity contribution in [1.29, 1.82) is 0 Å². The lowest BCUT2D eigenvalue weighted by atomic mass is 10.2. The SMILES string of the molecule is CSc1nc(Cl)c2c(CCO)c[nH]c2[nH+]1. The molecule has 0 radical (unpaired) electrons. The minimum atomic E-state index is 0.105. The van der Waals surface area contributed by atoms with Crippen molar-refractivity contribution in [3.05, 3.63) is 16.9 Å². The number of halogens is 1. The molecule has 0 saturated carbocycles. The number of hydrogen-bond acceptors (Lipinski definition) is 3. The van der Waals surface area contributed by atoms with Gasteiger partial charge < -0.3 is 5.11 Å². The van der Waals surface area contributed by atoms with E-state index in [2.05, 4.69) is 15.0 Å². The lowest BCUT2D eigenvalue weighted by Gasteiger charge is -1.94. The summed E-state index contributed by atoms with van der Waals surface area (Å²) in [5.41, 5.74) is 1.83. The monoisotopic (exact) mass is 244 g/mol. The Labute approximate surface area is 96.1 Å². The molecule has 80 valence electrons. The fourth-order valence-corrected chi connectivity index (χ4v) is 2.23. The average molecular weight is 245 g/mol. The summed E-state index contributed by atoms with van der Waals surface area (Å²) in [6.07, 6.45) is 4.35. The van der Waals surface area contributed by atoms with Gasteiger partial charge in [0.25, 0.3) is 5.16 Å².